The second-order valence-corrected chi connectivity index (χ2v) is 3.92. The minimum Gasteiger partial charge on any atom is -0.460 e. The van der Waals surface area contributed by atoms with Gasteiger partial charge in [0.1, 0.15) is 0 Å². The molecule has 0 heterocycles. The number of aryl methyl sites for hydroxylation is 1. The van der Waals surface area contributed by atoms with Gasteiger partial charge in [0.05, 0.1) is 12.3 Å². The van der Waals surface area contributed by atoms with Gasteiger partial charge in [-0.15, -0.1) is 0 Å². The van der Waals surface area contributed by atoms with Gasteiger partial charge in [0.2, 0.25) is 5.76 Å². The molecule has 0 atom stereocenters. The Morgan fingerprint density at radius 1 is 1.21 bits per heavy atom. The zero-order valence-corrected chi connectivity index (χ0v) is 11.2. The van der Waals surface area contributed by atoms with Crippen LogP contribution in [0.1, 0.15) is 25.0 Å². The minimum atomic E-state index is -0.754. The fourth-order valence-electron chi connectivity index (χ4n) is 1.41. The lowest BCUT2D eigenvalue weighted by Crippen LogP contribution is -2.18. The van der Waals surface area contributed by atoms with Crippen LogP contribution in [0.3, 0.4) is 0 Å². The number of benzene rings is 1. The highest BCUT2D eigenvalue weighted by molar-refractivity contribution is 5.97. The first kappa shape index (κ1) is 14.8. The van der Waals surface area contributed by atoms with E-state index in [1.165, 1.54) is 6.92 Å². The number of nitrogens with two attached hydrogens (primary N) is 1. The Morgan fingerprint density at radius 2 is 1.79 bits per heavy atom. The lowest BCUT2D eigenvalue weighted by atomic mass is 10.1. The van der Waals surface area contributed by atoms with Gasteiger partial charge in [-0.05, 0) is 13.8 Å². The number of carbonyl (C=O) groups excluding carboxylic acids is 2. The third kappa shape index (κ3) is 4.13. The second kappa shape index (κ2) is 6.58. The molecule has 2 N–H and O–H groups in total. The molecule has 0 amide bonds. The van der Waals surface area contributed by atoms with Crippen LogP contribution in [0.4, 0.5) is 0 Å². The summed E-state index contributed by atoms with van der Waals surface area (Å²) in [5.41, 5.74) is 7.60. The maximum atomic E-state index is 11.7. The van der Waals surface area contributed by atoms with Gasteiger partial charge in [-0.1, -0.05) is 29.8 Å². The summed E-state index contributed by atoms with van der Waals surface area (Å²) in [6, 6.07) is 7.18. The molecule has 0 aliphatic heterocycles. The standard InChI is InChI=1S/C14H17NO4/c1-4-18-14(17)13(19-10(3)16)12(15)11-7-5-9(2)6-8-11/h5-8H,4,15H2,1-3H3/b13-12-. The molecule has 0 fully saturated rings. The Hall–Kier alpha value is -2.30. The minimum absolute atomic E-state index is 0.0775. The first-order chi connectivity index (χ1) is 8.95. The number of hydrogen-bond donors (Lipinski definition) is 1. The monoisotopic (exact) mass is 263 g/mol. The molecule has 0 radical (unpaired) electrons. The van der Waals surface area contributed by atoms with Crippen LogP contribution in [-0.4, -0.2) is 18.5 Å². The van der Waals surface area contributed by atoms with Crippen molar-refractivity contribution in [3.63, 3.8) is 0 Å². The summed E-state index contributed by atoms with van der Waals surface area (Å²) in [4.78, 5) is 22.8. The molecule has 1 rings (SSSR count). The molecule has 1 aromatic carbocycles. The van der Waals surface area contributed by atoms with Crippen molar-refractivity contribution in [1.82, 2.24) is 0 Å². The highest BCUT2D eigenvalue weighted by Gasteiger charge is 2.20. The predicted octanol–water partition coefficient (Wildman–Crippen LogP) is 1.75. The summed E-state index contributed by atoms with van der Waals surface area (Å²) in [5, 5.41) is 0. The smallest absolute Gasteiger partial charge is 0.376 e. The first-order valence-electron chi connectivity index (χ1n) is 5.88. The largest absolute Gasteiger partial charge is 0.460 e. The molecule has 0 aliphatic carbocycles. The molecule has 19 heavy (non-hydrogen) atoms. The highest BCUT2D eigenvalue weighted by Crippen LogP contribution is 2.17. The molecule has 5 heteroatoms. The van der Waals surface area contributed by atoms with E-state index < -0.39 is 11.9 Å². The fraction of sp³-hybridized carbons (Fsp3) is 0.286. The van der Waals surface area contributed by atoms with Crippen molar-refractivity contribution in [2.75, 3.05) is 6.61 Å². The van der Waals surface area contributed by atoms with E-state index in [0.29, 0.717) is 5.56 Å². The quantitative estimate of drug-likeness (QED) is 0.508. The molecule has 1 aromatic rings. The molecule has 0 unspecified atom stereocenters. The van der Waals surface area contributed by atoms with Crippen LogP contribution < -0.4 is 5.73 Å². The number of rotatable bonds is 4. The maximum Gasteiger partial charge on any atom is 0.376 e. The molecule has 0 bridgehead atoms. The van der Waals surface area contributed by atoms with Crippen molar-refractivity contribution in [1.29, 1.82) is 0 Å². The summed E-state index contributed by atoms with van der Waals surface area (Å²) >= 11 is 0. The topological polar surface area (TPSA) is 78.6 Å². The Labute approximate surface area is 112 Å². The van der Waals surface area contributed by atoms with Crippen LogP contribution in [-0.2, 0) is 19.1 Å². The van der Waals surface area contributed by atoms with Crippen LogP contribution >= 0.6 is 0 Å². The van der Waals surface area contributed by atoms with E-state index in [2.05, 4.69) is 0 Å². The van der Waals surface area contributed by atoms with Crippen molar-refractivity contribution in [2.45, 2.75) is 20.8 Å². The van der Waals surface area contributed by atoms with Gasteiger partial charge in [0.15, 0.2) is 0 Å². The van der Waals surface area contributed by atoms with E-state index in [4.69, 9.17) is 15.2 Å². The molecular weight excluding hydrogens is 246 g/mol. The van der Waals surface area contributed by atoms with Crippen LogP contribution in [0.25, 0.3) is 5.70 Å². The number of carbonyl (C=O) groups is 2. The van der Waals surface area contributed by atoms with Crippen molar-refractivity contribution < 1.29 is 19.1 Å². The van der Waals surface area contributed by atoms with Crippen molar-refractivity contribution in [2.24, 2.45) is 5.73 Å². The lowest BCUT2D eigenvalue weighted by molar-refractivity contribution is -0.149. The van der Waals surface area contributed by atoms with Gasteiger partial charge in [-0.3, -0.25) is 4.79 Å². The van der Waals surface area contributed by atoms with Gasteiger partial charge in [-0.25, -0.2) is 4.79 Å². The Kier molecular flexibility index (Phi) is 5.11. The summed E-state index contributed by atoms with van der Waals surface area (Å²) in [5.74, 6) is -1.66. The van der Waals surface area contributed by atoms with E-state index in [1.54, 1.807) is 19.1 Å². The zero-order chi connectivity index (χ0) is 14.4. The number of esters is 2. The van der Waals surface area contributed by atoms with Gasteiger partial charge in [0, 0.05) is 12.5 Å². The molecule has 102 valence electrons. The van der Waals surface area contributed by atoms with E-state index in [0.717, 1.165) is 5.56 Å². The van der Waals surface area contributed by atoms with E-state index in [9.17, 15) is 9.59 Å². The van der Waals surface area contributed by atoms with Gasteiger partial charge >= 0.3 is 11.9 Å². The molecule has 0 saturated heterocycles. The third-order valence-electron chi connectivity index (χ3n) is 2.31. The second-order valence-electron chi connectivity index (χ2n) is 3.92. The Balaban J connectivity index is 3.18. The van der Waals surface area contributed by atoms with Crippen molar-refractivity contribution in [3.05, 3.63) is 41.2 Å². The van der Waals surface area contributed by atoms with Crippen LogP contribution in [0.2, 0.25) is 0 Å². The van der Waals surface area contributed by atoms with Crippen LogP contribution in [0.15, 0.2) is 30.0 Å². The predicted molar refractivity (Wildman–Crippen MR) is 70.7 cm³/mol. The Bertz CT molecular complexity index is 503. The van der Waals surface area contributed by atoms with Crippen LogP contribution in [0, 0.1) is 6.92 Å². The van der Waals surface area contributed by atoms with Crippen molar-refractivity contribution >= 4 is 17.6 Å². The van der Waals surface area contributed by atoms with Gasteiger partial charge < -0.3 is 15.2 Å². The summed E-state index contributed by atoms with van der Waals surface area (Å²) in [7, 11) is 0. The van der Waals surface area contributed by atoms with E-state index >= 15 is 0 Å². The molecule has 0 spiro atoms. The Morgan fingerprint density at radius 3 is 2.26 bits per heavy atom. The third-order valence-corrected chi connectivity index (χ3v) is 2.31. The number of ether oxygens (including phenoxy) is 2. The van der Waals surface area contributed by atoms with E-state index in [-0.39, 0.29) is 18.1 Å². The van der Waals surface area contributed by atoms with Crippen LogP contribution in [0.5, 0.6) is 0 Å². The summed E-state index contributed by atoms with van der Waals surface area (Å²) in [6.07, 6.45) is 0. The normalized spacial score (nSPS) is 11.5. The van der Waals surface area contributed by atoms with E-state index in [1.807, 2.05) is 19.1 Å². The lowest BCUT2D eigenvalue weighted by Gasteiger charge is -2.10. The molecule has 0 saturated carbocycles. The van der Waals surface area contributed by atoms with Gasteiger partial charge in [-0.2, -0.15) is 0 Å². The van der Waals surface area contributed by atoms with Gasteiger partial charge in [0.25, 0.3) is 0 Å². The molecular formula is C14H17NO4. The summed E-state index contributed by atoms with van der Waals surface area (Å²) < 4.78 is 9.67. The zero-order valence-electron chi connectivity index (χ0n) is 11.2. The molecule has 5 nitrogen and oxygen atoms in total. The first-order valence-corrected chi connectivity index (χ1v) is 5.88. The average Bonchev–Trinajstić information content (AvgIpc) is 2.36. The van der Waals surface area contributed by atoms with Crippen molar-refractivity contribution in [3.8, 4) is 0 Å². The fourth-order valence-corrected chi connectivity index (χ4v) is 1.41. The number of hydrogen-bond acceptors (Lipinski definition) is 5. The molecule has 0 aliphatic rings. The highest BCUT2D eigenvalue weighted by atomic mass is 16.6. The molecule has 0 aromatic heterocycles. The summed E-state index contributed by atoms with van der Waals surface area (Å²) in [6.45, 7) is 4.96. The average molecular weight is 263 g/mol. The maximum absolute atomic E-state index is 11.7. The SMILES string of the molecule is CCOC(=O)/C(OC(C)=O)=C(/N)c1ccc(C)cc1.